The molecule has 2 amide bonds. The molecule has 0 bridgehead atoms. The zero-order valence-corrected chi connectivity index (χ0v) is 17.7. The van der Waals surface area contributed by atoms with Gasteiger partial charge in [0.1, 0.15) is 9.88 Å². The number of rotatable bonds is 3. The van der Waals surface area contributed by atoms with E-state index >= 15 is 0 Å². The maximum Gasteiger partial charge on any atom is 0.265 e. The molecular formula is C18H23Cl2N5O2S. The number of carbonyl (C=O) groups excluding carboxylic acids is 2. The number of pyridine rings is 1. The number of nitrogens with zero attached hydrogens (tertiary/aromatic N) is 4. The second-order valence-electron chi connectivity index (χ2n) is 6.58. The van der Waals surface area contributed by atoms with E-state index in [1.54, 1.807) is 18.6 Å². The highest BCUT2D eigenvalue weighted by atomic mass is 35.5. The first-order chi connectivity index (χ1) is 12.7. The molecule has 0 saturated carbocycles. The van der Waals surface area contributed by atoms with Gasteiger partial charge in [-0.1, -0.05) is 0 Å². The minimum absolute atomic E-state index is 0. The number of thiazole rings is 1. The quantitative estimate of drug-likeness (QED) is 0.785. The molecule has 1 N–H and O–H groups in total. The van der Waals surface area contributed by atoms with Crippen LogP contribution >= 0.6 is 36.2 Å². The predicted molar refractivity (Wildman–Crippen MR) is 113 cm³/mol. The van der Waals surface area contributed by atoms with Crippen molar-refractivity contribution >= 4 is 48.0 Å². The molecule has 4 heterocycles. The fraction of sp³-hybridized carbons (Fsp3) is 0.444. The van der Waals surface area contributed by atoms with Gasteiger partial charge in [0, 0.05) is 50.2 Å². The largest absolute Gasteiger partial charge is 0.336 e. The molecule has 2 saturated heterocycles. The third kappa shape index (κ3) is 4.81. The van der Waals surface area contributed by atoms with Crippen molar-refractivity contribution in [1.82, 2.24) is 25.1 Å². The summed E-state index contributed by atoms with van der Waals surface area (Å²) < 4.78 is 0. The van der Waals surface area contributed by atoms with Crippen LogP contribution in [0, 0.1) is 0 Å². The van der Waals surface area contributed by atoms with E-state index in [0.29, 0.717) is 18.0 Å². The number of aromatic nitrogens is 2. The van der Waals surface area contributed by atoms with Gasteiger partial charge in [-0.2, -0.15) is 0 Å². The van der Waals surface area contributed by atoms with E-state index in [1.165, 1.54) is 11.3 Å². The van der Waals surface area contributed by atoms with Gasteiger partial charge in [-0.05, 0) is 25.0 Å². The van der Waals surface area contributed by atoms with E-state index in [-0.39, 0.29) is 42.7 Å². The molecule has 152 valence electrons. The third-order valence-electron chi connectivity index (χ3n) is 4.89. The van der Waals surface area contributed by atoms with Gasteiger partial charge in [0.2, 0.25) is 5.91 Å². The molecule has 10 heteroatoms. The molecular weight excluding hydrogens is 421 g/mol. The van der Waals surface area contributed by atoms with Gasteiger partial charge < -0.3 is 15.1 Å². The van der Waals surface area contributed by atoms with Gasteiger partial charge in [0.15, 0.2) is 0 Å². The van der Waals surface area contributed by atoms with Crippen LogP contribution in [-0.2, 0) is 4.79 Å². The SMILES string of the molecule is Cl.Cl.O=C(c1cnc(-c2ccncc2)s1)N1CCCC(N2CCNCC2=O)C1. The Morgan fingerprint density at radius 1 is 1.21 bits per heavy atom. The third-order valence-corrected chi connectivity index (χ3v) is 5.93. The molecule has 2 aliphatic heterocycles. The molecule has 0 radical (unpaired) electrons. The Hall–Kier alpha value is -1.74. The van der Waals surface area contributed by atoms with Gasteiger partial charge in [-0.15, -0.1) is 36.2 Å². The fourth-order valence-corrected chi connectivity index (χ4v) is 4.45. The number of hydrogen-bond donors (Lipinski definition) is 1. The number of halogens is 2. The topological polar surface area (TPSA) is 78.4 Å². The molecule has 4 rings (SSSR count). The Morgan fingerprint density at radius 3 is 2.75 bits per heavy atom. The van der Waals surface area contributed by atoms with Crippen molar-refractivity contribution in [3.63, 3.8) is 0 Å². The van der Waals surface area contributed by atoms with E-state index in [1.807, 2.05) is 21.9 Å². The lowest BCUT2D eigenvalue weighted by Crippen LogP contribution is -2.57. The summed E-state index contributed by atoms with van der Waals surface area (Å²) >= 11 is 1.40. The van der Waals surface area contributed by atoms with Crippen LogP contribution in [-0.4, -0.2) is 70.3 Å². The number of nitrogens with one attached hydrogen (secondary N) is 1. The summed E-state index contributed by atoms with van der Waals surface area (Å²) in [6.45, 7) is 3.28. The van der Waals surface area contributed by atoms with Crippen LogP contribution in [0.25, 0.3) is 10.6 Å². The van der Waals surface area contributed by atoms with Gasteiger partial charge in [0.25, 0.3) is 5.91 Å². The standard InChI is InChI=1S/C18H21N5O2S.2ClH/c24-16-11-20-7-9-23(16)14-2-1-8-22(12-14)18(25)15-10-21-17(26-15)13-3-5-19-6-4-13;;/h3-6,10,14,20H,1-2,7-9,11-12H2;2*1H. The highest BCUT2D eigenvalue weighted by Gasteiger charge is 2.32. The molecule has 2 aliphatic rings. The van der Waals surface area contributed by atoms with Crippen molar-refractivity contribution in [2.45, 2.75) is 18.9 Å². The van der Waals surface area contributed by atoms with Crippen LogP contribution in [0.4, 0.5) is 0 Å². The Morgan fingerprint density at radius 2 is 2.00 bits per heavy atom. The summed E-state index contributed by atoms with van der Waals surface area (Å²) in [5.74, 6) is 0.142. The molecule has 2 aromatic rings. The first-order valence-corrected chi connectivity index (χ1v) is 9.70. The zero-order valence-electron chi connectivity index (χ0n) is 15.2. The lowest BCUT2D eigenvalue weighted by molar-refractivity contribution is -0.135. The van der Waals surface area contributed by atoms with Crippen LogP contribution < -0.4 is 5.32 Å². The second-order valence-corrected chi connectivity index (χ2v) is 7.61. The van der Waals surface area contributed by atoms with E-state index in [0.717, 1.165) is 43.0 Å². The molecule has 0 spiro atoms. The maximum atomic E-state index is 12.9. The minimum Gasteiger partial charge on any atom is -0.336 e. The molecule has 1 unspecified atom stereocenters. The lowest BCUT2D eigenvalue weighted by Gasteiger charge is -2.41. The number of piperidine rings is 1. The average molecular weight is 444 g/mol. The number of amides is 2. The summed E-state index contributed by atoms with van der Waals surface area (Å²) in [4.78, 5) is 37.9. The van der Waals surface area contributed by atoms with E-state index < -0.39 is 0 Å². The van der Waals surface area contributed by atoms with E-state index in [9.17, 15) is 9.59 Å². The fourth-order valence-electron chi connectivity index (χ4n) is 3.56. The average Bonchev–Trinajstić information content (AvgIpc) is 3.19. The smallest absolute Gasteiger partial charge is 0.265 e. The van der Waals surface area contributed by atoms with Crippen molar-refractivity contribution in [2.75, 3.05) is 32.7 Å². The summed E-state index contributed by atoms with van der Waals surface area (Å²) in [5.41, 5.74) is 0.965. The van der Waals surface area contributed by atoms with Gasteiger partial charge >= 0.3 is 0 Å². The second kappa shape index (κ2) is 10.2. The van der Waals surface area contributed by atoms with Crippen LogP contribution in [0.5, 0.6) is 0 Å². The Kier molecular flexibility index (Phi) is 8.18. The lowest BCUT2D eigenvalue weighted by atomic mass is 10.0. The van der Waals surface area contributed by atoms with Crippen LogP contribution in [0.2, 0.25) is 0 Å². The Labute approximate surface area is 180 Å². The monoisotopic (exact) mass is 443 g/mol. The summed E-state index contributed by atoms with van der Waals surface area (Å²) in [5, 5.41) is 3.92. The van der Waals surface area contributed by atoms with Gasteiger partial charge in [-0.25, -0.2) is 4.98 Å². The van der Waals surface area contributed by atoms with Crippen molar-refractivity contribution < 1.29 is 9.59 Å². The minimum atomic E-state index is 0. The molecule has 7 nitrogen and oxygen atoms in total. The van der Waals surface area contributed by atoms with Crippen molar-refractivity contribution in [1.29, 1.82) is 0 Å². The van der Waals surface area contributed by atoms with Crippen molar-refractivity contribution in [3.05, 3.63) is 35.6 Å². The van der Waals surface area contributed by atoms with Crippen LogP contribution in [0.15, 0.2) is 30.7 Å². The first-order valence-electron chi connectivity index (χ1n) is 8.88. The number of likely N-dealkylation sites (tertiary alicyclic amines) is 1. The normalized spacial score (nSPS) is 19.6. The highest BCUT2D eigenvalue weighted by Crippen LogP contribution is 2.26. The summed E-state index contributed by atoms with van der Waals surface area (Å²) in [6, 6.07) is 3.90. The molecule has 0 aromatic carbocycles. The van der Waals surface area contributed by atoms with E-state index in [4.69, 9.17) is 0 Å². The molecule has 2 aromatic heterocycles. The summed E-state index contributed by atoms with van der Waals surface area (Å²) in [6.07, 6.45) is 6.97. The van der Waals surface area contributed by atoms with Gasteiger partial charge in [-0.3, -0.25) is 14.6 Å². The Balaban J connectivity index is 0.00000140. The maximum absolute atomic E-state index is 12.9. The van der Waals surface area contributed by atoms with Gasteiger partial charge in [0.05, 0.1) is 12.7 Å². The highest BCUT2D eigenvalue weighted by molar-refractivity contribution is 7.16. The first kappa shape index (κ1) is 22.5. The zero-order chi connectivity index (χ0) is 17.9. The van der Waals surface area contributed by atoms with Crippen LogP contribution in [0.3, 0.4) is 0 Å². The van der Waals surface area contributed by atoms with Crippen molar-refractivity contribution in [3.8, 4) is 10.6 Å². The number of piperazine rings is 1. The van der Waals surface area contributed by atoms with E-state index in [2.05, 4.69) is 15.3 Å². The predicted octanol–water partition coefficient (Wildman–Crippen LogP) is 2.09. The number of hydrogen-bond acceptors (Lipinski definition) is 6. The summed E-state index contributed by atoms with van der Waals surface area (Å²) in [7, 11) is 0. The molecule has 0 aliphatic carbocycles. The number of carbonyl (C=O) groups is 2. The van der Waals surface area contributed by atoms with Crippen LogP contribution in [0.1, 0.15) is 22.5 Å². The van der Waals surface area contributed by atoms with Crippen molar-refractivity contribution in [2.24, 2.45) is 0 Å². The molecule has 1 atom stereocenters. The molecule has 2 fully saturated rings. The Bertz CT molecular complexity index is 804. The molecule has 28 heavy (non-hydrogen) atoms.